The molecule has 0 spiro atoms. The van der Waals surface area contributed by atoms with Gasteiger partial charge in [0.05, 0.1) is 13.2 Å². The first-order valence-electron chi connectivity index (χ1n) is 9.90. The van der Waals surface area contributed by atoms with E-state index in [9.17, 15) is 4.79 Å². The molecule has 2 N–H and O–H groups in total. The van der Waals surface area contributed by atoms with Crippen LogP contribution in [0, 0.1) is 0 Å². The third kappa shape index (κ3) is 3.62. The Morgan fingerprint density at radius 2 is 1.90 bits per heavy atom. The molecular formula is C23H21N5O2. The van der Waals surface area contributed by atoms with Crippen LogP contribution in [0.15, 0.2) is 67.1 Å². The monoisotopic (exact) mass is 399 g/mol. The van der Waals surface area contributed by atoms with Crippen LogP contribution < -0.4 is 10.2 Å². The second-order valence-corrected chi connectivity index (χ2v) is 7.14. The molecule has 4 heterocycles. The summed E-state index contributed by atoms with van der Waals surface area (Å²) in [6.45, 7) is 3.37. The lowest BCUT2D eigenvalue weighted by Gasteiger charge is -2.28. The van der Waals surface area contributed by atoms with Gasteiger partial charge < -0.3 is 19.9 Å². The third-order valence-electron chi connectivity index (χ3n) is 5.22. The number of fused-ring (bicyclic) bond motifs is 1. The highest BCUT2D eigenvalue weighted by Crippen LogP contribution is 2.25. The van der Waals surface area contributed by atoms with E-state index >= 15 is 0 Å². The first-order chi connectivity index (χ1) is 14.8. The van der Waals surface area contributed by atoms with Gasteiger partial charge in [0, 0.05) is 59.6 Å². The topological polar surface area (TPSA) is 83.1 Å². The summed E-state index contributed by atoms with van der Waals surface area (Å²) in [5.41, 5.74) is 3.96. The summed E-state index contributed by atoms with van der Waals surface area (Å²) in [6, 6.07) is 15.6. The molecule has 1 fully saturated rings. The first kappa shape index (κ1) is 18.3. The molecule has 0 radical (unpaired) electrons. The van der Waals surface area contributed by atoms with E-state index in [0.717, 1.165) is 37.4 Å². The molecule has 0 bridgehead atoms. The molecule has 0 unspecified atom stereocenters. The quantitative estimate of drug-likeness (QED) is 0.497. The standard InChI is InChI=1S/C23H21N5O2/c29-22(16-2-1-9-24-14-16)20-15-25-23-19(20)7-8-21(27-23)26-17-3-5-18(6-4-17)28-10-12-30-13-11-28/h1-9,14-15H,10-13H2,(H2,25,26,27). The zero-order chi connectivity index (χ0) is 20.3. The van der Waals surface area contributed by atoms with Gasteiger partial charge in [-0.05, 0) is 48.5 Å². The molecule has 7 nitrogen and oxygen atoms in total. The van der Waals surface area contributed by atoms with Crippen LogP contribution in [-0.4, -0.2) is 47.0 Å². The smallest absolute Gasteiger partial charge is 0.196 e. The van der Waals surface area contributed by atoms with Gasteiger partial charge in [0.2, 0.25) is 0 Å². The Hall–Kier alpha value is -3.71. The van der Waals surface area contributed by atoms with Crippen LogP contribution >= 0.6 is 0 Å². The summed E-state index contributed by atoms with van der Waals surface area (Å²) in [7, 11) is 0. The Bertz CT molecular complexity index is 1170. The fraction of sp³-hybridized carbons (Fsp3) is 0.174. The Kier molecular flexibility index (Phi) is 4.86. The van der Waals surface area contributed by atoms with Crippen LogP contribution in [0.5, 0.6) is 0 Å². The van der Waals surface area contributed by atoms with Crippen LogP contribution in [0.2, 0.25) is 0 Å². The number of aromatic amines is 1. The van der Waals surface area contributed by atoms with Crippen LogP contribution in [0.4, 0.5) is 17.2 Å². The number of nitrogens with zero attached hydrogens (tertiary/aromatic N) is 3. The number of nitrogens with one attached hydrogen (secondary N) is 2. The fourth-order valence-electron chi connectivity index (χ4n) is 3.64. The molecular weight excluding hydrogens is 378 g/mol. The molecule has 3 aromatic heterocycles. The summed E-state index contributed by atoms with van der Waals surface area (Å²) in [6.07, 6.45) is 4.93. The van der Waals surface area contributed by atoms with Gasteiger partial charge in [-0.1, -0.05) is 0 Å². The number of hydrogen-bond donors (Lipinski definition) is 2. The number of ether oxygens (including phenoxy) is 1. The van der Waals surface area contributed by atoms with Crippen molar-refractivity contribution in [3.05, 3.63) is 78.2 Å². The Morgan fingerprint density at radius 3 is 2.67 bits per heavy atom. The van der Waals surface area contributed by atoms with E-state index in [1.807, 2.05) is 24.3 Å². The van der Waals surface area contributed by atoms with Gasteiger partial charge in [-0.15, -0.1) is 0 Å². The third-order valence-corrected chi connectivity index (χ3v) is 5.22. The lowest BCUT2D eigenvalue weighted by molar-refractivity contribution is 0.104. The van der Waals surface area contributed by atoms with E-state index < -0.39 is 0 Å². The van der Waals surface area contributed by atoms with Gasteiger partial charge in [0.1, 0.15) is 11.5 Å². The normalized spacial score (nSPS) is 14.1. The molecule has 7 heteroatoms. The second kappa shape index (κ2) is 7.96. The van der Waals surface area contributed by atoms with Gasteiger partial charge in [-0.2, -0.15) is 0 Å². The van der Waals surface area contributed by atoms with E-state index in [1.165, 1.54) is 5.69 Å². The number of morpholine rings is 1. The second-order valence-electron chi connectivity index (χ2n) is 7.14. The van der Waals surface area contributed by atoms with Crippen molar-refractivity contribution < 1.29 is 9.53 Å². The molecule has 150 valence electrons. The number of anilines is 3. The Balaban J connectivity index is 1.34. The Labute approximate surface area is 173 Å². The number of carbonyl (C=O) groups is 1. The van der Waals surface area contributed by atoms with E-state index in [4.69, 9.17) is 4.74 Å². The minimum atomic E-state index is -0.0736. The number of aromatic nitrogens is 3. The lowest BCUT2D eigenvalue weighted by atomic mass is 10.1. The van der Waals surface area contributed by atoms with Gasteiger partial charge in [0.25, 0.3) is 0 Å². The van der Waals surface area contributed by atoms with Gasteiger partial charge in [0.15, 0.2) is 5.78 Å². The number of carbonyl (C=O) groups excluding carboxylic acids is 1. The molecule has 5 rings (SSSR count). The molecule has 0 amide bonds. The molecule has 0 aliphatic carbocycles. The molecule has 0 atom stereocenters. The van der Waals surface area contributed by atoms with Crippen molar-refractivity contribution in [3.8, 4) is 0 Å². The molecule has 1 saturated heterocycles. The minimum absolute atomic E-state index is 0.0736. The van der Waals surface area contributed by atoms with Crippen molar-refractivity contribution in [2.24, 2.45) is 0 Å². The zero-order valence-electron chi connectivity index (χ0n) is 16.3. The SMILES string of the molecule is O=C(c1cccnc1)c1c[nH]c2nc(Nc3ccc(N4CCOCC4)cc3)ccc12. The van der Waals surface area contributed by atoms with E-state index in [2.05, 4.69) is 37.3 Å². The van der Waals surface area contributed by atoms with Crippen LogP contribution in [0.3, 0.4) is 0 Å². The summed E-state index contributed by atoms with van der Waals surface area (Å²) < 4.78 is 5.41. The van der Waals surface area contributed by atoms with Crippen LogP contribution in [-0.2, 0) is 4.74 Å². The summed E-state index contributed by atoms with van der Waals surface area (Å²) >= 11 is 0. The average molecular weight is 399 g/mol. The summed E-state index contributed by atoms with van der Waals surface area (Å²) in [5.74, 6) is 0.638. The van der Waals surface area contributed by atoms with Crippen molar-refractivity contribution in [2.75, 3.05) is 36.5 Å². The maximum atomic E-state index is 12.7. The minimum Gasteiger partial charge on any atom is -0.378 e. The largest absolute Gasteiger partial charge is 0.378 e. The molecule has 1 aromatic carbocycles. The van der Waals surface area contributed by atoms with Crippen molar-refractivity contribution in [3.63, 3.8) is 0 Å². The van der Waals surface area contributed by atoms with Gasteiger partial charge >= 0.3 is 0 Å². The van der Waals surface area contributed by atoms with Gasteiger partial charge in [-0.3, -0.25) is 9.78 Å². The highest BCUT2D eigenvalue weighted by atomic mass is 16.5. The zero-order valence-corrected chi connectivity index (χ0v) is 16.3. The highest BCUT2D eigenvalue weighted by molar-refractivity contribution is 6.15. The predicted molar refractivity (Wildman–Crippen MR) is 117 cm³/mol. The number of hydrogen-bond acceptors (Lipinski definition) is 6. The number of ketones is 1. The van der Waals surface area contributed by atoms with E-state index in [0.29, 0.717) is 22.6 Å². The molecule has 1 aliphatic rings. The van der Waals surface area contributed by atoms with Gasteiger partial charge in [-0.25, -0.2) is 4.98 Å². The van der Waals surface area contributed by atoms with Crippen LogP contribution in [0.25, 0.3) is 11.0 Å². The first-order valence-corrected chi connectivity index (χ1v) is 9.90. The molecule has 0 saturated carbocycles. The summed E-state index contributed by atoms with van der Waals surface area (Å²) in [4.78, 5) is 26.8. The number of H-pyrrole nitrogens is 1. The van der Waals surface area contributed by atoms with Crippen molar-refractivity contribution >= 4 is 34.0 Å². The summed E-state index contributed by atoms with van der Waals surface area (Å²) in [5, 5.41) is 4.12. The van der Waals surface area contributed by atoms with Crippen molar-refractivity contribution in [1.29, 1.82) is 0 Å². The van der Waals surface area contributed by atoms with E-state index in [-0.39, 0.29) is 5.78 Å². The highest BCUT2D eigenvalue weighted by Gasteiger charge is 2.15. The van der Waals surface area contributed by atoms with Crippen molar-refractivity contribution in [2.45, 2.75) is 0 Å². The lowest BCUT2D eigenvalue weighted by Crippen LogP contribution is -2.36. The number of pyridine rings is 2. The molecule has 4 aromatic rings. The van der Waals surface area contributed by atoms with Crippen LogP contribution in [0.1, 0.15) is 15.9 Å². The number of benzene rings is 1. The molecule has 30 heavy (non-hydrogen) atoms. The maximum Gasteiger partial charge on any atom is 0.196 e. The predicted octanol–water partition coefficient (Wildman–Crippen LogP) is 3.77. The average Bonchev–Trinajstić information content (AvgIpc) is 3.23. The molecule has 1 aliphatic heterocycles. The Morgan fingerprint density at radius 1 is 1.07 bits per heavy atom. The fourth-order valence-corrected chi connectivity index (χ4v) is 3.64. The van der Waals surface area contributed by atoms with E-state index in [1.54, 1.807) is 30.7 Å². The maximum absolute atomic E-state index is 12.7. The van der Waals surface area contributed by atoms with Crippen molar-refractivity contribution in [1.82, 2.24) is 15.0 Å². The number of rotatable bonds is 5.